The summed E-state index contributed by atoms with van der Waals surface area (Å²) in [5.41, 5.74) is 3.81. The molecule has 0 spiro atoms. The first kappa shape index (κ1) is 16.3. The van der Waals surface area contributed by atoms with Gasteiger partial charge in [0.2, 0.25) is 0 Å². The Morgan fingerprint density at radius 2 is 1.86 bits per heavy atom. The summed E-state index contributed by atoms with van der Waals surface area (Å²) in [5, 5.41) is 0. The van der Waals surface area contributed by atoms with Gasteiger partial charge in [-0.2, -0.15) is 18.6 Å². The molecule has 0 fully saturated rings. The minimum Gasteiger partial charge on any atom is -1.00 e. The Labute approximate surface area is 109 Å². The van der Waals surface area contributed by atoms with E-state index in [0.717, 1.165) is 12.0 Å². The van der Waals surface area contributed by atoms with Gasteiger partial charge in [-0.05, 0) is 13.8 Å². The third kappa shape index (κ3) is 5.58. The zero-order chi connectivity index (χ0) is 8.97. The molecule has 14 heavy (non-hydrogen) atoms. The molecular weight excluding hydrogens is 204 g/mol. The van der Waals surface area contributed by atoms with Crippen LogP contribution in [0.25, 0.3) is 0 Å². The monoisotopic (exact) mass is 218 g/mol. The number of allylic oxidation sites excluding steroid dienone is 2. The molecule has 0 nitrogen and oxygen atoms in total. The molecule has 1 aromatic carbocycles. The Hall–Kier alpha value is -0.114. The van der Waals surface area contributed by atoms with Crippen molar-refractivity contribution < 1.29 is 12.4 Å². The smallest absolute Gasteiger partial charge is 1.00 e. The van der Waals surface area contributed by atoms with Crippen LogP contribution in [0.15, 0.2) is 35.9 Å². The molecule has 0 aliphatic heterocycles. The zero-order valence-electron chi connectivity index (χ0n) is 8.89. The molecule has 0 amide bonds. The second-order valence-electron chi connectivity index (χ2n) is 3.25. The van der Waals surface area contributed by atoms with Crippen LogP contribution in [0.5, 0.6) is 0 Å². The van der Waals surface area contributed by atoms with Gasteiger partial charge in [-0.1, -0.05) is 24.1 Å². The van der Waals surface area contributed by atoms with E-state index in [2.05, 4.69) is 39.0 Å². The molecule has 0 saturated carbocycles. The van der Waals surface area contributed by atoms with Crippen LogP contribution in [0.1, 0.15) is 25.0 Å². The van der Waals surface area contributed by atoms with Gasteiger partial charge < -0.3 is 12.4 Å². The van der Waals surface area contributed by atoms with Gasteiger partial charge in [0.05, 0.1) is 0 Å². The molecule has 0 heterocycles. The van der Waals surface area contributed by atoms with E-state index in [1.165, 1.54) is 11.1 Å². The molecule has 0 aromatic heterocycles. The Morgan fingerprint density at radius 3 is 2.36 bits per heavy atom. The molecule has 72 valence electrons. The van der Waals surface area contributed by atoms with E-state index in [1.54, 1.807) is 0 Å². The first-order valence-corrected chi connectivity index (χ1v) is 4.23. The molecule has 0 saturated heterocycles. The Balaban J connectivity index is 0. The van der Waals surface area contributed by atoms with Gasteiger partial charge in [0.15, 0.2) is 0 Å². The van der Waals surface area contributed by atoms with Crippen LogP contribution >= 0.6 is 0 Å². The number of halogens is 1. The standard InChI is InChI=1S/C12H15.ClH.Mg/c1-10(2)8-9-12-7-5-4-6-11(12)3;;/h4-8H,3,9H2,1-2H3;1H;/q-1;;+2/p-1. The molecule has 0 atom stereocenters. The molecule has 1 rings (SSSR count). The molecule has 1 aromatic rings. The van der Waals surface area contributed by atoms with Crippen LogP contribution in [0.2, 0.25) is 0 Å². The van der Waals surface area contributed by atoms with Crippen molar-refractivity contribution in [3.8, 4) is 0 Å². The van der Waals surface area contributed by atoms with Gasteiger partial charge >= 0.3 is 23.1 Å². The Morgan fingerprint density at radius 1 is 1.29 bits per heavy atom. The third-order valence-electron chi connectivity index (χ3n) is 1.85. The predicted octanol–water partition coefficient (Wildman–Crippen LogP) is 0.000690. The summed E-state index contributed by atoms with van der Waals surface area (Å²) >= 11 is 0. The summed E-state index contributed by atoms with van der Waals surface area (Å²) in [5.74, 6) is 0. The molecule has 0 unspecified atom stereocenters. The Bertz CT molecular complexity index is 288. The van der Waals surface area contributed by atoms with Crippen molar-refractivity contribution in [2.75, 3.05) is 0 Å². The molecule has 2 heteroatoms. The SMILES string of the molecule is [CH2-]c1ccccc1CC=C(C)C.[Cl-].[Mg+2]. The minimum absolute atomic E-state index is 0. The molecule has 0 aliphatic carbocycles. The van der Waals surface area contributed by atoms with Crippen LogP contribution in [0, 0.1) is 6.92 Å². The fraction of sp³-hybridized carbons (Fsp3) is 0.250. The average molecular weight is 219 g/mol. The van der Waals surface area contributed by atoms with E-state index in [4.69, 9.17) is 0 Å². The van der Waals surface area contributed by atoms with E-state index in [0.29, 0.717) is 0 Å². The quantitative estimate of drug-likeness (QED) is 0.373. The average Bonchev–Trinajstić information content (AvgIpc) is 2.03. The largest absolute Gasteiger partial charge is 2.00 e. The minimum atomic E-state index is 0. The van der Waals surface area contributed by atoms with Gasteiger partial charge in [-0.15, -0.1) is 17.7 Å². The van der Waals surface area contributed by atoms with E-state index in [-0.39, 0.29) is 35.5 Å². The van der Waals surface area contributed by atoms with Crippen molar-refractivity contribution >= 4 is 23.1 Å². The molecule has 0 radical (unpaired) electrons. The van der Waals surface area contributed by atoms with Crippen molar-refractivity contribution in [3.63, 3.8) is 0 Å². The fourth-order valence-corrected chi connectivity index (χ4v) is 1.07. The van der Waals surface area contributed by atoms with Crippen LogP contribution in [-0.2, 0) is 6.42 Å². The third-order valence-corrected chi connectivity index (χ3v) is 1.85. The maximum Gasteiger partial charge on any atom is 2.00 e. The van der Waals surface area contributed by atoms with Crippen LogP contribution in [-0.4, -0.2) is 23.1 Å². The van der Waals surface area contributed by atoms with E-state index in [9.17, 15) is 0 Å². The zero-order valence-corrected chi connectivity index (χ0v) is 11.1. The second kappa shape index (κ2) is 8.22. The number of hydrogen-bond acceptors (Lipinski definition) is 0. The normalized spacial score (nSPS) is 8.14. The second-order valence-corrected chi connectivity index (χ2v) is 3.25. The van der Waals surface area contributed by atoms with Gasteiger partial charge in [-0.25, -0.2) is 0 Å². The number of rotatable bonds is 2. The van der Waals surface area contributed by atoms with Gasteiger partial charge in [0, 0.05) is 0 Å². The van der Waals surface area contributed by atoms with Gasteiger partial charge in [0.1, 0.15) is 0 Å². The van der Waals surface area contributed by atoms with E-state index in [1.807, 2.05) is 12.1 Å². The molecule has 0 bridgehead atoms. The van der Waals surface area contributed by atoms with Crippen molar-refractivity contribution in [1.82, 2.24) is 0 Å². The molecule has 0 aliphatic rings. The van der Waals surface area contributed by atoms with Crippen LogP contribution in [0.4, 0.5) is 0 Å². The van der Waals surface area contributed by atoms with Crippen molar-refractivity contribution in [2.45, 2.75) is 20.3 Å². The first-order valence-electron chi connectivity index (χ1n) is 4.23. The van der Waals surface area contributed by atoms with Gasteiger partial charge in [0.25, 0.3) is 0 Å². The summed E-state index contributed by atoms with van der Waals surface area (Å²) in [7, 11) is 0. The molecule has 0 N–H and O–H groups in total. The summed E-state index contributed by atoms with van der Waals surface area (Å²) in [6.07, 6.45) is 3.23. The Kier molecular flexibility index (Phi) is 9.58. The predicted molar refractivity (Wildman–Crippen MR) is 59.8 cm³/mol. The fourth-order valence-electron chi connectivity index (χ4n) is 1.07. The van der Waals surface area contributed by atoms with Crippen LogP contribution < -0.4 is 12.4 Å². The van der Waals surface area contributed by atoms with E-state index < -0.39 is 0 Å². The van der Waals surface area contributed by atoms with Gasteiger partial charge in [-0.3, -0.25) is 0 Å². The van der Waals surface area contributed by atoms with Crippen LogP contribution in [0.3, 0.4) is 0 Å². The topological polar surface area (TPSA) is 0 Å². The summed E-state index contributed by atoms with van der Waals surface area (Å²) in [6.45, 7) is 8.20. The first-order chi connectivity index (χ1) is 5.70. The van der Waals surface area contributed by atoms with E-state index >= 15 is 0 Å². The van der Waals surface area contributed by atoms with Crippen molar-refractivity contribution in [3.05, 3.63) is 54.0 Å². The summed E-state index contributed by atoms with van der Waals surface area (Å²) in [6, 6.07) is 8.26. The summed E-state index contributed by atoms with van der Waals surface area (Å²) < 4.78 is 0. The van der Waals surface area contributed by atoms with Crippen molar-refractivity contribution in [2.24, 2.45) is 0 Å². The van der Waals surface area contributed by atoms with Crippen molar-refractivity contribution in [1.29, 1.82) is 0 Å². The number of benzene rings is 1. The maximum absolute atomic E-state index is 3.97. The summed E-state index contributed by atoms with van der Waals surface area (Å²) in [4.78, 5) is 0. The maximum atomic E-state index is 3.97. The molecular formula is C12H15ClMg. The number of hydrogen-bond donors (Lipinski definition) is 0.